The number of nitrogens with two attached hydrogens (primary N) is 2. The van der Waals surface area contributed by atoms with Gasteiger partial charge < -0.3 is 143 Å². The van der Waals surface area contributed by atoms with E-state index < -0.39 is 279 Å². The van der Waals surface area contributed by atoms with Gasteiger partial charge in [0.25, 0.3) is 0 Å². The molecule has 8 aliphatic rings. The number of likely N-dealkylation sites (N-methyl/N-ethyl adjacent to an activating group) is 1. The third-order valence-corrected chi connectivity index (χ3v) is 27.8. The molecule has 0 aliphatic carbocycles. The minimum atomic E-state index is -2.30. The highest BCUT2D eigenvalue weighted by Crippen LogP contribution is 2.52. The number of hydrogen-bond donors (Lipinski definition) is 19. The molecule has 40 heteroatoms. The number of fused-ring (bicyclic) bond motifs is 15. The van der Waals surface area contributed by atoms with Gasteiger partial charge in [-0.2, -0.15) is 0 Å². The summed E-state index contributed by atoms with van der Waals surface area (Å²) in [5, 5.41) is 139. The average Bonchev–Trinajstić information content (AvgIpc) is 0.762. The van der Waals surface area contributed by atoms with E-state index in [2.05, 4.69) is 44.1 Å². The highest BCUT2D eigenvalue weighted by molar-refractivity contribution is 6.32. The number of ketones is 2. The Morgan fingerprint density at radius 1 is 0.634 bits per heavy atom. The van der Waals surface area contributed by atoms with Gasteiger partial charge in [-0.05, 0) is 178 Å². The molecular weight excluding hydrogens is 1900 g/mol. The number of amides is 6. The highest BCUT2D eigenvalue weighted by atomic mass is 35.5. The second kappa shape index (κ2) is 47.8. The lowest BCUT2D eigenvalue weighted by Gasteiger charge is -2.48. The number of carboxylic acid groups (broad SMARTS) is 1. The Hall–Kier alpha value is -10.8. The zero-order valence-electron chi connectivity index (χ0n) is 80.0. The van der Waals surface area contributed by atoms with Crippen LogP contribution in [0.1, 0.15) is 202 Å². The van der Waals surface area contributed by atoms with Crippen LogP contribution < -0.4 is 62.9 Å². The first-order valence-corrected chi connectivity index (χ1v) is 49.0. The molecule has 22 atom stereocenters. The van der Waals surface area contributed by atoms with Gasteiger partial charge >= 0.3 is 5.97 Å². The van der Waals surface area contributed by atoms with E-state index in [-0.39, 0.29) is 65.7 Å². The van der Waals surface area contributed by atoms with Crippen LogP contribution in [0.4, 0.5) is 0 Å². The number of aromatic hydroxyl groups is 3. The first kappa shape index (κ1) is 108. The van der Waals surface area contributed by atoms with E-state index in [9.17, 15) is 65.4 Å². The Balaban J connectivity index is 0.960. The number of ether oxygens (including phenoxy) is 8. The van der Waals surface area contributed by atoms with E-state index >= 15 is 28.8 Å². The second-order valence-corrected chi connectivity index (χ2v) is 39.6. The number of aliphatic carboxylic acids is 1. The Morgan fingerprint density at radius 3 is 1.88 bits per heavy atom. The monoisotopic (exact) mass is 2030 g/mol. The lowest BCUT2D eigenvalue weighted by atomic mass is 9.84. The molecular formula is C102H127Cl3N10O27. The second-order valence-electron chi connectivity index (χ2n) is 38.4. The molecule has 0 spiro atoms. The van der Waals surface area contributed by atoms with Gasteiger partial charge in [0.05, 0.1) is 59.4 Å². The van der Waals surface area contributed by atoms with Crippen LogP contribution in [0, 0.1) is 11.8 Å². The van der Waals surface area contributed by atoms with E-state index in [4.69, 9.17) is 84.2 Å². The molecule has 8 heterocycles. The number of benzene rings is 7. The summed E-state index contributed by atoms with van der Waals surface area (Å²) in [4.78, 5) is 139. The minimum absolute atomic E-state index is 0.00534. The van der Waals surface area contributed by atoms with Crippen LogP contribution in [0.5, 0.6) is 46.0 Å². The molecule has 3 fully saturated rings. The van der Waals surface area contributed by atoms with Crippen molar-refractivity contribution in [2.75, 3.05) is 39.8 Å². The van der Waals surface area contributed by atoms with E-state index in [0.29, 0.717) is 24.5 Å². The lowest BCUT2D eigenvalue weighted by Crippen LogP contribution is -2.65. The predicted molar refractivity (Wildman–Crippen MR) is 520 cm³/mol. The van der Waals surface area contributed by atoms with Gasteiger partial charge in [0.2, 0.25) is 47.5 Å². The molecule has 15 rings (SSSR count). The van der Waals surface area contributed by atoms with Crippen molar-refractivity contribution < 1.29 is 132 Å². The van der Waals surface area contributed by atoms with Crippen molar-refractivity contribution >= 4 is 87.8 Å². The molecule has 22 unspecified atom stereocenters. The maximum absolute atomic E-state index is 16.9. The molecule has 0 aromatic heterocycles. The largest absolute Gasteiger partial charge is 0.508 e. The number of primary amides is 1. The number of carboxylic acids is 1. The van der Waals surface area contributed by atoms with Crippen molar-refractivity contribution in [3.63, 3.8) is 0 Å². The summed E-state index contributed by atoms with van der Waals surface area (Å²) in [6.07, 6.45) is -16.6. The standard InChI is InChI=1S/C102H127Cl3N10O27/c1-9-10-11-12-13-14-15-31-108-32-16-33-109-48-79(123)115(8)68(34-50(2)3)97(131)113-85-71(120)38-60(41-78(106)122)95(129)111-83-59-39-75(137-73-29-24-57(87(85)124)36-66(73)104)91(142-100-92(89(126)88(125)77(49-116)139-100)141-81-46-102(7,94(128)52(5)136-81)110-47-53-17-19-54(20-18-53)55-21-26-61(103)27-22-55)76(40-59)138-74-30-25-58(37-67(74)105)90(140-80-45-101(6,107)93(127)51(4)135-80)86-98(132)112-84(99(133)134)65-42-62(117)43-70(119)82(65)64-35-56(23-28-69(64)118)63(44-72(83)121)96(130)114-86/h17-30,35-37,39-40,42-43,50-52,60,63,68,77,80-81,83-90,92-94,100,108-110,116-119,124-128H,9-16,31-34,38,41,44-49,107H2,1-8H3,(H2,106,122)(H,111,129)(H,112,132)(H,113,131)(H,114,130)(H,133,134). The van der Waals surface area contributed by atoms with Gasteiger partial charge in [-0.3, -0.25) is 38.4 Å². The van der Waals surface area contributed by atoms with Crippen molar-refractivity contribution in [2.45, 2.75) is 272 Å². The summed E-state index contributed by atoms with van der Waals surface area (Å²) in [7, 11) is 1.41. The summed E-state index contributed by atoms with van der Waals surface area (Å²) in [5.74, 6) is -20.1. The number of unbranched alkanes of at least 4 members (excludes halogenated alkanes) is 6. The molecule has 11 bridgehead atoms. The summed E-state index contributed by atoms with van der Waals surface area (Å²) >= 11 is 21.1. The number of nitrogens with zero attached hydrogens (tertiary/aromatic N) is 1. The summed E-state index contributed by atoms with van der Waals surface area (Å²) < 4.78 is 53.4. The van der Waals surface area contributed by atoms with Gasteiger partial charge in [-0.15, -0.1) is 0 Å². The van der Waals surface area contributed by atoms with Crippen LogP contribution >= 0.6 is 34.8 Å². The molecule has 7 aromatic rings. The van der Waals surface area contributed by atoms with Crippen LogP contribution in [0.2, 0.25) is 15.1 Å². The topological polar surface area (TPSA) is 569 Å². The number of aliphatic hydroxyl groups excluding tert-OH is 6. The number of carbonyl (C=O) groups excluding carboxylic acids is 8. The first-order valence-electron chi connectivity index (χ1n) is 47.8. The average molecular weight is 2030 g/mol. The zero-order chi connectivity index (χ0) is 103. The number of nitrogens with one attached hydrogen (secondary N) is 7. The maximum Gasteiger partial charge on any atom is 0.330 e. The smallest absolute Gasteiger partial charge is 0.330 e. The minimum Gasteiger partial charge on any atom is -0.508 e. The molecule has 3 saturated heterocycles. The number of hydrogen-bond acceptors (Lipinski definition) is 30. The fraction of sp³-hybridized carbons (Fsp3) is 0.500. The van der Waals surface area contributed by atoms with Crippen LogP contribution in [0.3, 0.4) is 0 Å². The van der Waals surface area contributed by atoms with Gasteiger partial charge in [0.1, 0.15) is 83.4 Å². The number of aliphatic hydroxyl groups is 6. The first-order chi connectivity index (χ1) is 67.5. The third-order valence-electron chi connectivity index (χ3n) is 26.9. The van der Waals surface area contributed by atoms with E-state index in [0.717, 1.165) is 84.6 Å². The quantitative estimate of drug-likeness (QED) is 0.0170. The van der Waals surface area contributed by atoms with E-state index in [1.54, 1.807) is 39.8 Å². The van der Waals surface area contributed by atoms with Crippen molar-refractivity contribution in [3.05, 3.63) is 176 Å². The Kier molecular flexibility index (Phi) is 36.6. The fourth-order valence-corrected chi connectivity index (χ4v) is 19.5. The summed E-state index contributed by atoms with van der Waals surface area (Å²) in [5.41, 5.74) is 10.0. The number of halogens is 3. The number of rotatable bonds is 33. The van der Waals surface area contributed by atoms with Crippen molar-refractivity contribution in [1.29, 1.82) is 0 Å². The molecule has 6 amide bonds. The Morgan fingerprint density at radius 2 is 1.25 bits per heavy atom. The van der Waals surface area contributed by atoms with Crippen LogP contribution in [-0.4, -0.2) is 246 Å². The normalized spacial score (nSPS) is 27.7. The molecule has 142 heavy (non-hydrogen) atoms. The summed E-state index contributed by atoms with van der Waals surface area (Å²) in [6, 6.07) is 19.2. The zero-order valence-corrected chi connectivity index (χ0v) is 82.3. The molecule has 0 saturated carbocycles. The van der Waals surface area contributed by atoms with Crippen LogP contribution in [-0.2, 0) is 73.4 Å². The number of phenols is 3. The summed E-state index contributed by atoms with van der Waals surface area (Å²) in [6.45, 7) is 13.0. The Labute approximate surface area is 836 Å². The third kappa shape index (κ3) is 26.1. The highest BCUT2D eigenvalue weighted by Gasteiger charge is 2.54. The number of carbonyl (C=O) groups is 9. The SMILES string of the molecule is CCCCCCCCCNCCCNCC(=O)N(C)C(CC(C)C)C(=O)NC1C(=O)CC(CC(N)=O)C(=O)NC2C(=O)CC3C(=O)NC(C(=O)NC(C(=O)O)c4cc(O)cc(O)c4-c4cc3ccc4O)C(OC3CC(C)(N)C(O)C(C)O3)c3ccc(c(Cl)c3)Oc3cc2cc(c3OC2OC(CO)C(O)C(O)C2OC2CC(C)(NCc3ccc(-c4ccc(Cl)cc4)cc3)C(O)C(C)O2)Oc2ccc(cc2Cl)C1O. The van der Waals surface area contributed by atoms with Crippen molar-refractivity contribution in [1.82, 2.24) is 42.1 Å². The molecule has 8 aliphatic heterocycles. The van der Waals surface area contributed by atoms with Gasteiger partial charge in [-0.25, -0.2) is 4.79 Å². The maximum atomic E-state index is 16.9. The van der Waals surface area contributed by atoms with Gasteiger partial charge in [0.15, 0.2) is 47.8 Å². The molecule has 768 valence electrons. The number of Topliss-reactive ketones (excluding diaryl/α,β-unsaturated/α-hetero) is 2. The Bertz CT molecular complexity index is 5690. The van der Waals surface area contributed by atoms with Gasteiger partial charge in [0, 0.05) is 84.6 Å². The fourth-order valence-electron chi connectivity index (χ4n) is 18.9. The molecule has 7 aromatic carbocycles. The molecule has 37 nitrogen and oxygen atoms in total. The molecule has 0 radical (unpaired) electrons. The van der Waals surface area contributed by atoms with Crippen LogP contribution in [0.15, 0.2) is 127 Å². The number of phenolic OH excluding ortho intramolecular Hbond substituents is 3. The van der Waals surface area contributed by atoms with E-state index in [1.165, 1.54) is 88.2 Å². The van der Waals surface area contributed by atoms with Crippen molar-refractivity contribution in [2.24, 2.45) is 23.3 Å². The predicted octanol–water partition coefficient (Wildman–Crippen LogP) is 9.03. The lowest BCUT2D eigenvalue weighted by molar-refractivity contribution is -0.334. The van der Waals surface area contributed by atoms with Crippen molar-refractivity contribution in [3.8, 4) is 68.2 Å². The van der Waals surface area contributed by atoms with Gasteiger partial charge in [-0.1, -0.05) is 149 Å². The molecule has 21 N–H and O–H groups in total. The van der Waals surface area contributed by atoms with Crippen LogP contribution in [0.25, 0.3) is 22.3 Å². The van der Waals surface area contributed by atoms with E-state index in [1.807, 2.05) is 36.4 Å².